The fourth-order valence-electron chi connectivity index (χ4n) is 2.28. The lowest BCUT2D eigenvalue weighted by molar-refractivity contribution is 0.403. The summed E-state index contributed by atoms with van der Waals surface area (Å²) < 4.78 is 8.51. The summed E-state index contributed by atoms with van der Waals surface area (Å²) in [7, 11) is 3.37. The Hall–Kier alpha value is -2.25. The van der Waals surface area contributed by atoms with E-state index >= 15 is 0 Å². The summed E-state index contributed by atoms with van der Waals surface area (Å²) in [5, 5.41) is 9.94. The molecule has 0 aliphatic carbocycles. The fraction of sp³-hybridized carbons (Fsp3) is 0.235. The fourth-order valence-corrected chi connectivity index (χ4v) is 3.30. The van der Waals surface area contributed by atoms with Gasteiger partial charge in [-0.1, -0.05) is 35.5 Å². The number of nitrogens with zero attached hydrogens (tertiary/aromatic N) is 4. The summed E-state index contributed by atoms with van der Waals surface area (Å²) in [5.74, 6) is 1.78. The van der Waals surface area contributed by atoms with Crippen LogP contribution < -0.4 is 10.3 Å². The second kappa shape index (κ2) is 7.76. The monoisotopic (exact) mass is 376 g/mol. The van der Waals surface area contributed by atoms with Crippen LogP contribution in [0.3, 0.4) is 0 Å². The molecule has 0 atom stereocenters. The van der Waals surface area contributed by atoms with Gasteiger partial charge >= 0.3 is 0 Å². The van der Waals surface area contributed by atoms with Gasteiger partial charge < -0.3 is 13.9 Å². The number of ether oxygens (including phenoxy) is 1. The Morgan fingerprint density at radius 2 is 1.96 bits per heavy atom. The van der Waals surface area contributed by atoms with Gasteiger partial charge in [-0.15, -0.1) is 10.2 Å². The van der Waals surface area contributed by atoms with Crippen LogP contribution in [0.25, 0.3) is 0 Å². The van der Waals surface area contributed by atoms with E-state index in [1.54, 1.807) is 34.7 Å². The van der Waals surface area contributed by atoms with E-state index in [4.69, 9.17) is 16.3 Å². The van der Waals surface area contributed by atoms with Crippen LogP contribution in [0, 0.1) is 0 Å². The second-order valence-electron chi connectivity index (χ2n) is 5.38. The van der Waals surface area contributed by atoms with Crippen molar-refractivity contribution in [2.24, 2.45) is 7.05 Å². The smallest absolute Gasteiger partial charge is 0.293 e. The average Bonchev–Trinajstić information content (AvgIpc) is 2.96. The van der Waals surface area contributed by atoms with Crippen LogP contribution in [0.4, 0.5) is 0 Å². The van der Waals surface area contributed by atoms with Gasteiger partial charge in [0.15, 0.2) is 16.7 Å². The number of aromatic nitrogens is 4. The Morgan fingerprint density at radius 3 is 2.68 bits per heavy atom. The molecule has 3 aromatic rings. The van der Waals surface area contributed by atoms with Crippen LogP contribution in [0.5, 0.6) is 5.75 Å². The zero-order valence-electron chi connectivity index (χ0n) is 13.8. The normalized spacial score (nSPS) is 10.8. The van der Waals surface area contributed by atoms with Crippen LogP contribution >= 0.6 is 23.4 Å². The van der Waals surface area contributed by atoms with E-state index in [0.717, 1.165) is 21.5 Å². The van der Waals surface area contributed by atoms with Crippen molar-refractivity contribution < 1.29 is 4.74 Å². The molecule has 0 saturated heterocycles. The molecule has 0 saturated carbocycles. The maximum absolute atomic E-state index is 12.2. The van der Waals surface area contributed by atoms with E-state index in [2.05, 4.69) is 10.2 Å². The summed E-state index contributed by atoms with van der Waals surface area (Å²) in [4.78, 5) is 12.2. The lowest BCUT2D eigenvalue weighted by atomic mass is 10.2. The Kier molecular flexibility index (Phi) is 5.45. The molecule has 0 unspecified atom stereocenters. The van der Waals surface area contributed by atoms with Crippen molar-refractivity contribution in [2.75, 3.05) is 7.11 Å². The van der Waals surface area contributed by atoms with Gasteiger partial charge in [0, 0.05) is 24.0 Å². The summed E-state index contributed by atoms with van der Waals surface area (Å²) in [6.07, 6.45) is 1.71. The summed E-state index contributed by atoms with van der Waals surface area (Å²) in [6, 6.07) is 11.1. The van der Waals surface area contributed by atoms with Crippen molar-refractivity contribution >= 4 is 23.4 Å². The third-order valence-electron chi connectivity index (χ3n) is 3.72. The molecule has 0 N–H and O–H groups in total. The first kappa shape index (κ1) is 17.6. The molecule has 0 aliphatic heterocycles. The van der Waals surface area contributed by atoms with E-state index in [1.807, 2.05) is 35.9 Å². The van der Waals surface area contributed by atoms with Gasteiger partial charge in [0.05, 0.1) is 13.7 Å². The Bertz CT molecular complexity index is 921. The van der Waals surface area contributed by atoms with Gasteiger partial charge in [0.2, 0.25) is 0 Å². The third-order valence-corrected chi connectivity index (χ3v) is 5.07. The zero-order chi connectivity index (χ0) is 17.8. The number of hydrogen-bond donors (Lipinski definition) is 0. The first-order chi connectivity index (χ1) is 12.1. The minimum absolute atomic E-state index is 0.191. The van der Waals surface area contributed by atoms with Crippen LogP contribution in [0.1, 0.15) is 11.4 Å². The van der Waals surface area contributed by atoms with E-state index in [1.165, 1.54) is 7.11 Å². The van der Waals surface area contributed by atoms with E-state index in [9.17, 15) is 4.79 Å². The highest BCUT2D eigenvalue weighted by molar-refractivity contribution is 7.98. The lowest BCUT2D eigenvalue weighted by Crippen LogP contribution is -2.22. The SMILES string of the molecule is COc1cccn(Cc2nnc(SCc3ccc(Cl)cc3)n2C)c1=O. The minimum Gasteiger partial charge on any atom is -0.491 e. The van der Waals surface area contributed by atoms with Crippen molar-refractivity contribution in [3.8, 4) is 5.75 Å². The molecule has 2 heterocycles. The van der Waals surface area contributed by atoms with Gasteiger partial charge in [0.25, 0.3) is 5.56 Å². The van der Waals surface area contributed by atoms with Crippen LogP contribution in [-0.2, 0) is 19.3 Å². The lowest BCUT2D eigenvalue weighted by Gasteiger charge is -2.08. The topological polar surface area (TPSA) is 61.9 Å². The molecule has 6 nitrogen and oxygen atoms in total. The van der Waals surface area contributed by atoms with E-state index < -0.39 is 0 Å². The predicted octanol–water partition coefficient (Wildman–Crippen LogP) is 2.98. The molecule has 0 spiro atoms. The molecule has 1 aromatic carbocycles. The molecular weight excluding hydrogens is 360 g/mol. The van der Waals surface area contributed by atoms with E-state index in [-0.39, 0.29) is 5.56 Å². The molecule has 8 heteroatoms. The average molecular weight is 377 g/mol. The van der Waals surface area contributed by atoms with E-state index in [0.29, 0.717) is 18.1 Å². The van der Waals surface area contributed by atoms with Crippen molar-refractivity contribution in [3.05, 3.63) is 69.4 Å². The Balaban J connectivity index is 1.73. The van der Waals surface area contributed by atoms with Crippen LogP contribution in [0.2, 0.25) is 5.02 Å². The number of rotatable bonds is 6. The maximum Gasteiger partial charge on any atom is 0.293 e. The number of halogens is 1. The van der Waals surface area contributed by atoms with Crippen molar-refractivity contribution in [3.63, 3.8) is 0 Å². The first-order valence-electron chi connectivity index (χ1n) is 7.57. The highest BCUT2D eigenvalue weighted by Gasteiger charge is 2.12. The molecule has 2 aromatic heterocycles. The quantitative estimate of drug-likeness (QED) is 0.619. The number of thioether (sulfide) groups is 1. The first-order valence-corrected chi connectivity index (χ1v) is 8.94. The molecule has 130 valence electrons. The molecule has 0 aliphatic rings. The minimum atomic E-state index is -0.191. The predicted molar refractivity (Wildman–Crippen MR) is 98.4 cm³/mol. The van der Waals surface area contributed by atoms with Crippen molar-refractivity contribution in [2.45, 2.75) is 17.5 Å². The molecular formula is C17H17ClN4O2S. The Labute approximate surface area is 154 Å². The van der Waals surface area contributed by atoms with Gasteiger partial charge in [-0.05, 0) is 29.8 Å². The molecule has 0 bridgehead atoms. The maximum atomic E-state index is 12.2. The van der Waals surface area contributed by atoms with Crippen LogP contribution in [0.15, 0.2) is 52.5 Å². The third kappa shape index (κ3) is 4.05. The molecule has 25 heavy (non-hydrogen) atoms. The van der Waals surface area contributed by atoms with Gasteiger partial charge in [0.1, 0.15) is 0 Å². The molecule has 0 amide bonds. The van der Waals surface area contributed by atoms with Gasteiger partial charge in [-0.25, -0.2) is 0 Å². The van der Waals surface area contributed by atoms with Crippen LogP contribution in [-0.4, -0.2) is 26.4 Å². The zero-order valence-corrected chi connectivity index (χ0v) is 15.4. The Morgan fingerprint density at radius 1 is 1.20 bits per heavy atom. The number of benzene rings is 1. The van der Waals surface area contributed by atoms with Crippen molar-refractivity contribution in [1.82, 2.24) is 19.3 Å². The standard InChI is InChI=1S/C17H17ClN4O2S/c1-21-15(10-22-9-3-4-14(24-2)16(22)23)19-20-17(21)25-11-12-5-7-13(18)8-6-12/h3-9H,10-11H2,1-2H3. The number of methoxy groups -OCH3 is 1. The molecule has 0 fully saturated rings. The highest BCUT2D eigenvalue weighted by Crippen LogP contribution is 2.22. The number of pyridine rings is 1. The van der Waals surface area contributed by atoms with Gasteiger partial charge in [-0.2, -0.15) is 0 Å². The highest BCUT2D eigenvalue weighted by atomic mass is 35.5. The van der Waals surface area contributed by atoms with Gasteiger partial charge in [-0.3, -0.25) is 4.79 Å². The van der Waals surface area contributed by atoms with Crippen molar-refractivity contribution in [1.29, 1.82) is 0 Å². The summed E-state index contributed by atoms with van der Waals surface area (Å²) in [6.45, 7) is 0.334. The summed E-state index contributed by atoms with van der Waals surface area (Å²) in [5.41, 5.74) is 0.964. The molecule has 0 radical (unpaired) electrons. The molecule has 3 rings (SSSR count). The number of hydrogen-bond acceptors (Lipinski definition) is 5. The largest absolute Gasteiger partial charge is 0.491 e. The summed E-state index contributed by atoms with van der Waals surface area (Å²) >= 11 is 7.48. The second-order valence-corrected chi connectivity index (χ2v) is 6.76.